The lowest BCUT2D eigenvalue weighted by molar-refractivity contribution is 0.0309. The van der Waals surface area contributed by atoms with Crippen LogP contribution >= 0.6 is 0 Å². The van der Waals surface area contributed by atoms with Gasteiger partial charge in [-0.2, -0.15) is 0 Å². The Morgan fingerprint density at radius 2 is 1.00 bits per heavy atom. The maximum atomic E-state index is 5.94. The van der Waals surface area contributed by atoms with Gasteiger partial charge in [0.15, 0.2) is 0 Å². The fraction of sp³-hybridized carbons (Fsp3) is 0.545. The van der Waals surface area contributed by atoms with E-state index in [9.17, 15) is 0 Å². The minimum absolute atomic E-state index is 0.619. The van der Waals surface area contributed by atoms with Crippen molar-refractivity contribution in [2.75, 3.05) is 65.8 Å². The van der Waals surface area contributed by atoms with E-state index in [1.165, 1.54) is 0 Å². The third kappa shape index (κ3) is 8.97. The molecule has 0 aromatic carbocycles. The first-order valence-electron chi connectivity index (χ1n) is 10.4. The molecule has 0 saturated carbocycles. The summed E-state index contributed by atoms with van der Waals surface area (Å²) in [6.45, 7) is 9.02. The highest BCUT2D eigenvalue weighted by atomic mass is 16.5. The van der Waals surface area contributed by atoms with Gasteiger partial charge in [0.1, 0.15) is 0 Å². The molecule has 0 bridgehead atoms. The van der Waals surface area contributed by atoms with E-state index in [2.05, 4.69) is 31.9 Å². The van der Waals surface area contributed by atoms with E-state index in [-0.39, 0.29) is 0 Å². The number of hydrogen-bond donors (Lipinski definition) is 0. The van der Waals surface area contributed by atoms with Crippen molar-refractivity contribution < 1.29 is 14.2 Å². The molecule has 1 saturated heterocycles. The molecule has 7 nitrogen and oxygen atoms in total. The molecule has 0 amide bonds. The van der Waals surface area contributed by atoms with Gasteiger partial charge in [-0.1, -0.05) is 12.1 Å². The summed E-state index contributed by atoms with van der Waals surface area (Å²) >= 11 is 0. The SMILES string of the molecule is c1ccc(CN2CCOCCOCCN(Cc3ccccn3)CCOCC2)nc1. The third-order valence-corrected chi connectivity index (χ3v) is 4.80. The fourth-order valence-electron chi connectivity index (χ4n) is 3.18. The van der Waals surface area contributed by atoms with Crippen molar-refractivity contribution >= 4 is 0 Å². The smallest absolute Gasteiger partial charge is 0.0701 e. The van der Waals surface area contributed by atoms with E-state index in [0.717, 1.165) is 50.7 Å². The van der Waals surface area contributed by atoms with Crippen molar-refractivity contribution in [2.24, 2.45) is 0 Å². The van der Waals surface area contributed by atoms with Crippen LogP contribution in [0.15, 0.2) is 48.8 Å². The van der Waals surface area contributed by atoms with Crippen LogP contribution in [0.5, 0.6) is 0 Å². The number of ether oxygens (including phenoxy) is 3. The first kappa shape index (κ1) is 21.8. The first-order valence-corrected chi connectivity index (χ1v) is 10.4. The zero-order valence-electron chi connectivity index (χ0n) is 17.1. The van der Waals surface area contributed by atoms with Crippen LogP contribution in [0.1, 0.15) is 11.4 Å². The van der Waals surface area contributed by atoms with E-state index in [4.69, 9.17) is 14.2 Å². The van der Waals surface area contributed by atoms with E-state index in [0.29, 0.717) is 39.6 Å². The molecule has 3 heterocycles. The van der Waals surface area contributed by atoms with Gasteiger partial charge in [-0.15, -0.1) is 0 Å². The molecular formula is C22H32N4O3. The molecule has 158 valence electrons. The molecule has 29 heavy (non-hydrogen) atoms. The van der Waals surface area contributed by atoms with E-state index < -0.39 is 0 Å². The third-order valence-electron chi connectivity index (χ3n) is 4.80. The number of nitrogens with zero attached hydrogens (tertiary/aromatic N) is 4. The van der Waals surface area contributed by atoms with Gasteiger partial charge in [-0.25, -0.2) is 0 Å². The number of hydrogen-bond acceptors (Lipinski definition) is 7. The fourth-order valence-corrected chi connectivity index (χ4v) is 3.18. The van der Waals surface area contributed by atoms with E-state index in [1.807, 2.05) is 36.7 Å². The Balaban J connectivity index is 1.49. The average Bonchev–Trinajstić information content (AvgIpc) is 2.76. The van der Waals surface area contributed by atoms with Gasteiger partial charge in [-0.05, 0) is 24.3 Å². The lowest BCUT2D eigenvalue weighted by Crippen LogP contribution is -2.33. The molecule has 0 aliphatic carbocycles. The quantitative estimate of drug-likeness (QED) is 0.776. The lowest BCUT2D eigenvalue weighted by Gasteiger charge is -2.23. The predicted octanol–water partition coefficient (Wildman–Crippen LogP) is 1.84. The molecule has 0 spiro atoms. The summed E-state index contributed by atoms with van der Waals surface area (Å²) in [7, 11) is 0. The van der Waals surface area contributed by atoms with Crippen molar-refractivity contribution in [3.8, 4) is 0 Å². The molecule has 0 N–H and O–H groups in total. The molecular weight excluding hydrogens is 368 g/mol. The highest BCUT2D eigenvalue weighted by Crippen LogP contribution is 2.03. The summed E-state index contributed by atoms with van der Waals surface area (Å²) in [4.78, 5) is 13.5. The molecule has 0 unspecified atom stereocenters. The van der Waals surface area contributed by atoms with E-state index >= 15 is 0 Å². The molecule has 0 radical (unpaired) electrons. The average molecular weight is 401 g/mol. The zero-order chi connectivity index (χ0) is 20.0. The normalized spacial score (nSPS) is 19.3. The van der Waals surface area contributed by atoms with Gasteiger partial charge in [0.05, 0.1) is 51.0 Å². The number of pyridine rings is 2. The summed E-state index contributed by atoms with van der Waals surface area (Å²) in [6, 6.07) is 12.0. The summed E-state index contributed by atoms with van der Waals surface area (Å²) in [6.07, 6.45) is 3.67. The Hall–Kier alpha value is -1.90. The standard InChI is InChI=1S/C22H32N4O3/c1-3-7-23-21(5-1)19-25-9-13-27-14-10-26(20-22-6-2-4-8-24-22)12-16-29-18-17-28-15-11-25/h1-8H,9-20H2. The van der Waals surface area contributed by atoms with Crippen LogP contribution in [0.2, 0.25) is 0 Å². The Morgan fingerprint density at radius 1 is 0.586 bits per heavy atom. The highest BCUT2D eigenvalue weighted by molar-refractivity contribution is 5.04. The van der Waals surface area contributed by atoms with Gasteiger partial charge in [0.2, 0.25) is 0 Å². The summed E-state index contributed by atoms with van der Waals surface area (Å²) in [5.41, 5.74) is 2.13. The van der Waals surface area contributed by atoms with Crippen LogP contribution in [0.4, 0.5) is 0 Å². The second kappa shape index (κ2) is 13.3. The Bertz CT molecular complexity index is 602. The topological polar surface area (TPSA) is 60.0 Å². The van der Waals surface area contributed by atoms with Crippen LogP contribution in [0, 0.1) is 0 Å². The largest absolute Gasteiger partial charge is 0.379 e. The molecule has 1 aliphatic heterocycles. The molecule has 7 heteroatoms. The predicted molar refractivity (Wildman–Crippen MR) is 111 cm³/mol. The molecule has 3 rings (SSSR count). The van der Waals surface area contributed by atoms with Gasteiger partial charge < -0.3 is 14.2 Å². The van der Waals surface area contributed by atoms with Crippen LogP contribution < -0.4 is 0 Å². The van der Waals surface area contributed by atoms with E-state index in [1.54, 1.807) is 0 Å². The molecule has 2 aromatic rings. The lowest BCUT2D eigenvalue weighted by atomic mass is 10.3. The minimum atomic E-state index is 0.619. The zero-order valence-corrected chi connectivity index (χ0v) is 17.1. The number of aromatic nitrogens is 2. The van der Waals surface area contributed by atoms with Crippen LogP contribution in [0.25, 0.3) is 0 Å². The Labute approximate surface area is 173 Å². The van der Waals surface area contributed by atoms with Crippen LogP contribution in [-0.2, 0) is 27.3 Å². The monoisotopic (exact) mass is 400 g/mol. The van der Waals surface area contributed by atoms with Gasteiger partial charge in [-0.3, -0.25) is 19.8 Å². The summed E-state index contributed by atoms with van der Waals surface area (Å²) < 4.78 is 17.4. The molecule has 2 aromatic heterocycles. The van der Waals surface area contributed by atoms with Crippen molar-refractivity contribution in [2.45, 2.75) is 13.1 Å². The molecule has 1 fully saturated rings. The van der Waals surface area contributed by atoms with Crippen molar-refractivity contribution in [3.05, 3.63) is 60.2 Å². The molecule has 1 aliphatic rings. The highest BCUT2D eigenvalue weighted by Gasteiger charge is 2.10. The maximum absolute atomic E-state index is 5.94. The van der Waals surface area contributed by atoms with Crippen molar-refractivity contribution in [1.29, 1.82) is 0 Å². The van der Waals surface area contributed by atoms with Crippen molar-refractivity contribution in [1.82, 2.24) is 19.8 Å². The number of rotatable bonds is 4. The Kier molecular flexibility index (Phi) is 10.0. The second-order valence-corrected chi connectivity index (χ2v) is 7.03. The van der Waals surface area contributed by atoms with Crippen LogP contribution in [0.3, 0.4) is 0 Å². The first-order chi connectivity index (χ1) is 14.4. The van der Waals surface area contributed by atoms with Gasteiger partial charge in [0.25, 0.3) is 0 Å². The molecule has 0 atom stereocenters. The van der Waals surface area contributed by atoms with Crippen LogP contribution in [-0.4, -0.2) is 85.6 Å². The maximum Gasteiger partial charge on any atom is 0.0701 e. The van der Waals surface area contributed by atoms with Gasteiger partial charge in [0, 0.05) is 51.7 Å². The summed E-state index contributed by atoms with van der Waals surface area (Å²) in [5.74, 6) is 0. The van der Waals surface area contributed by atoms with Gasteiger partial charge >= 0.3 is 0 Å². The summed E-state index contributed by atoms with van der Waals surface area (Å²) in [5, 5.41) is 0. The second-order valence-electron chi connectivity index (χ2n) is 7.03. The Morgan fingerprint density at radius 3 is 1.38 bits per heavy atom. The van der Waals surface area contributed by atoms with Crippen molar-refractivity contribution in [3.63, 3.8) is 0 Å². The minimum Gasteiger partial charge on any atom is -0.379 e.